The summed E-state index contributed by atoms with van der Waals surface area (Å²) in [5, 5.41) is 3.28. The maximum Gasteiger partial charge on any atom is 0.243 e. The summed E-state index contributed by atoms with van der Waals surface area (Å²) in [6.07, 6.45) is 0.819. The summed E-state index contributed by atoms with van der Waals surface area (Å²) >= 11 is 0. The van der Waals surface area contributed by atoms with Crippen molar-refractivity contribution < 1.29 is 8.42 Å². The van der Waals surface area contributed by atoms with Crippen LogP contribution in [0.2, 0.25) is 0 Å². The first kappa shape index (κ1) is 17.1. The van der Waals surface area contributed by atoms with Crippen molar-refractivity contribution in [1.82, 2.24) is 9.62 Å². The fraction of sp³-hybridized carbons (Fsp3) is 0.600. The van der Waals surface area contributed by atoms with Gasteiger partial charge in [-0.2, -0.15) is 4.31 Å². The van der Waals surface area contributed by atoms with E-state index in [0.29, 0.717) is 30.6 Å². The number of benzene rings is 1. The molecule has 0 aliphatic rings. The zero-order valence-electron chi connectivity index (χ0n) is 12.9. The van der Waals surface area contributed by atoms with Gasteiger partial charge in [-0.3, -0.25) is 0 Å². The Morgan fingerprint density at radius 1 is 1.20 bits per heavy atom. The van der Waals surface area contributed by atoms with Gasteiger partial charge in [0.25, 0.3) is 0 Å². The summed E-state index contributed by atoms with van der Waals surface area (Å²) < 4.78 is 27.0. The van der Waals surface area contributed by atoms with Crippen LogP contribution in [0.4, 0.5) is 0 Å². The smallest absolute Gasteiger partial charge is 0.243 e. The van der Waals surface area contributed by atoms with Gasteiger partial charge >= 0.3 is 0 Å². The van der Waals surface area contributed by atoms with Gasteiger partial charge in [-0.1, -0.05) is 45.9 Å². The van der Waals surface area contributed by atoms with Crippen LogP contribution in [0.25, 0.3) is 0 Å². The highest BCUT2D eigenvalue weighted by molar-refractivity contribution is 7.89. The molecule has 5 heteroatoms. The molecule has 0 aliphatic carbocycles. The van der Waals surface area contributed by atoms with E-state index in [-0.39, 0.29) is 0 Å². The summed E-state index contributed by atoms with van der Waals surface area (Å²) in [6.45, 7) is 9.59. The lowest BCUT2D eigenvalue weighted by Gasteiger charge is -2.22. The maximum atomic E-state index is 12.7. The highest BCUT2D eigenvalue weighted by Crippen LogP contribution is 2.20. The lowest BCUT2D eigenvalue weighted by Crippen LogP contribution is -2.33. The first-order chi connectivity index (χ1) is 9.43. The summed E-state index contributed by atoms with van der Waals surface area (Å²) in [4.78, 5) is 0.420. The lowest BCUT2D eigenvalue weighted by molar-refractivity contribution is 0.426. The Morgan fingerprint density at radius 2 is 1.85 bits per heavy atom. The van der Waals surface area contributed by atoms with Crippen LogP contribution in [0, 0.1) is 0 Å². The normalized spacial score (nSPS) is 12.3. The van der Waals surface area contributed by atoms with Gasteiger partial charge < -0.3 is 5.32 Å². The van der Waals surface area contributed by atoms with Crippen LogP contribution in [0.3, 0.4) is 0 Å². The fourth-order valence-corrected chi connectivity index (χ4v) is 3.82. The highest BCUT2D eigenvalue weighted by Gasteiger charge is 2.24. The van der Waals surface area contributed by atoms with E-state index >= 15 is 0 Å². The number of hydrogen-bond donors (Lipinski definition) is 1. The van der Waals surface area contributed by atoms with Gasteiger partial charge in [-0.15, -0.1) is 0 Å². The van der Waals surface area contributed by atoms with Crippen LogP contribution in [0.5, 0.6) is 0 Å². The Balaban J connectivity index is 3.10. The Bertz CT molecular complexity index is 512. The molecule has 0 saturated carbocycles. The van der Waals surface area contributed by atoms with E-state index in [1.165, 1.54) is 0 Å². The molecular weight excluding hydrogens is 272 g/mol. The zero-order chi connectivity index (χ0) is 15.2. The van der Waals surface area contributed by atoms with E-state index in [1.807, 2.05) is 39.8 Å². The first-order valence-corrected chi connectivity index (χ1v) is 8.68. The van der Waals surface area contributed by atoms with E-state index in [9.17, 15) is 8.42 Å². The fourth-order valence-electron chi connectivity index (χ4n) is 2.05. The van der Waals surface area contributed by atoms with Crippen molar-refractivity contribution in [3.63, 3.8) is 0 Å². The number of nitrogens with zero attached hydrogens (tertiary/aromatic N) is 1. The molecule has 0 saturated heterocycles. The van der Waals surface area contributed by atoms with Gasteiger partial charge in [0, 0.05) is 25.7 Å². The van der Waals surface area contributed by atoms with Crippen LogP contribution >= 0.6 is 0 Å². The monoisotopic (exact) mass is 298 g/mol. The van der Waals surface area contributed by atoms with Crippen molar-refractivity contribution >= 4 is 10.0 Å². The molecule has 0 aromatic heterocycles. The molecule has 0 aliphatic heterocycles. The number of hydrogen-bond acceptors (Lipinski definition) is 3. The number of nitrogens with one attached hydrogen (secondary N) is 1. The van der Waals surface area contributed by atoms with Gasteiger partial charge in [0.2, 0.25) is 10.0 Å². The first-order valence-electron chi connectivity index (χ1n) is 7.24. The van der Waals surface area contributed by atoms with Crippen molar-refractivity contribution in [2.24, 2.45) is 0 Å². The average Bonchev–Trinajstić information content (AvgIpc) is 2.42. The zero-order valence-corrected chi connectivity index (χ0v) is 13.7. The SMILES string of the molecule is CCCN(CC)S(=O)(=O)c1ccccc1CNC(C)C. The molecule has 0 bridgehead atoms. The maximum absolute atomic E-state index is 12.7. The lowest BCUT2D eigenvalue weighted by atomic mass is 10.2. The molecule has 0 heterocycles. The number of rotatable bonds is 8. The predicted octanol–water partition coefficient (Wildman–Crippen LogP) is 2.61. The largest absolute Gasteiger partial charge is 0.310 e. The second-order valence-corrected chi connectivity index (χ2v) is 7.05. The van der Waals surface area contributed by atoms with Crippen LogP contribution in [0.1, 0.15) is 39.7 Å². The molecule has 4 nitrogen and oxygen atoms in total. The molecule has 0 radical (unpaired) electrons. The third-order valence-corrected chi connectivity index (χ3v) is 5.19. The standard InChI is InChI=1S/C15H26N2O2S/c1-5-11-17(6-2)20(18,19)15-10-8-7-9-14(15)12-16-13(3)4/h7-10,13,16H,5-6,11-12H2,1-4H3. The molecule has 0 fully saturated rings. The van der Waals surface area contributed by atoms with E-state index < -0.39 is 10.0 Å². The van der Waals surface area contributed by atoms with Gasteiger partial charge in [-0.05, 0) is 18.1 Å². The van der Waals surface area contributed by atoms with Crippen LogP contribution < -0.4 is 5.32 Å². The minimum absolute atomic E-state index is 0.323. The molecule has 114 valence electrons. The van der Waals surface area contributed by atoms with E-state index in [4.69, 9.17) is 0 Å². The summed E-state index contributed by atoms with van der Waals surface area (Å²) in [5.41, 5.74) is 0.829. The summed E-state index contributed by atoms with van der Waals surface area (Å²) in [7, 11) is -3.40. The summed E-state index contributed by atoms with van der Waals surface area (Å²) in [5.74, 6) is 0. The molecule has 0 atom stereocenters. The Kier molecular flexibility index (Phi) is 6.65. The predicted molar refractivity (Wildman–Crippen MR) is 83.1 cm³/mol. The molecule has 0 unspecified atom stereocenters. The number of sulfonamides is 1. The quantitative estimate of drug-likeness (QED) is 0.802. The molecular formula is C15H26N2O2S. The Morgan fingerprint density at radius 3 is 2.40 bits per heavy atom. The van der Waals surface area contributed by atoms with E-state index in [2.05, 4.69) is 5.32 Å². The average molecular weight is 298 g/mol. The molecule has 1 aromatic rings. The van der Waals surface area contributed by atoms with Crippen molar-refractivity contribution in [3.05, 3.63) is 29.8 Å². The Hall–Kier alpha value is -0.910. The van der Waals surface area contributed by atoms with Gasteiger partial charge in [0.15, 0.2) is 0 Å². The van der Waals surface area contributed by atoms with Crippen molar-refractivity contribution in [2.45, 2.75) is 51.6 Å². The van der Waals surface area contributed by atoms with Crippen LogP contribution in [-0.4, -0.2) is 31.9 Å². The van der Waals surface area contributed by atoms with Gasteiger partial charge in [0.05, 0.1) is 4.90 Å². The van der Waals surface area contributed by atoms with E-state index in [0.717, 1.165) is 12.0 Å². The minimum atomic E-state index is -3.40. The third-order valence-electron chi connectivity index (χ3n) is 3.12. The second kappa shape index (κ2) is 7.76. The Labute approximate surface area is 123 Å². The molecule has 0 amide bonds. The third kappa shape index (κ3) is 4.30. The molecule has 20 heavy (non-hydrogen) atoms. The minimum Gasteiger partial charge on any atom is -0.310 e. The molecule has 1 aromatic carbocycles. The molecule has 1 rings (SSSR count). The van der Waals surface area contributed by atoms with Crippen molar-refractivity contribution in [3.8, 4) is 0 Å². The second-order valence-electron chi connectivity index (χ2n) is 5.14. The highest BCUT2D eigenvalue weighted by atomic mass is 32.2. The molecule has 1 N–H and O–H groups in total. The van der Waals surface area contributed by atoms with E-state index in [1.54, 1.807) is 16.4 Å². The van der Waals surface area contributed by atoms with Crippen LogP contribution in [0.15, 0.2) is 29.2 Å². The van der Waals surface area contributed by atoms with Gasteiger partial charge in [0.1, 0.15) is 0 Å². The van der Waals surface area contributed by atoms with Gasteiger partial charge in [-0.25, -0.2) is 8.42 Å². The molecule has 0 spiro atoms. The van der Waals surface area contributed by atoms with Crippen molar-refractivity contribution in [2.75, 3.05) is 13.1 Å². The van der Waals surface area contributed by atoms with Crippen molar-refractivity contribution in [1.29, 1.82) is 0 Å². The topological polar surface area (TPSA) is 49.4 Å². The van der Waals surface area contributed by atoms with Crippen LogP contribution in [-0.2, 0) is 16.6 Å². The summed E-state index contributed by atoms with van der Waals surface area (Å²) in [6, 6.07) is 7.56.